The van der Waals surface area contributed by atoms with Gasteiger partial charge in [0.1, 0.15) is 5.82 Å². The topological polar surface area (TPSA) is 28.7 Å². The lowest BCUT2D eigenvalue weighted by molar-refractivity contribution is 0.852. The summed E-state index contributed by atoms with van der Waals surface area (Å²) >= 11 is 5.93. The van der Waals surface area contributed by atoms with Gasteiger partial charge in [0.15, 0.2) is 0 Å². The molecule has 0 saturated heterocycles. The largest absolute Gasteiger partial charge is 0.345 e. The molecular weight excluding hydrogens is 148 g/mol. The van der Waals surface area contributed by atoms with Gasteiger partial charge in [-0.15, -0.1) is 11.6 Å². The van der Waals surface area contributed by atoms with Crippen LogP contribution in [0.1, 0.15) is 30.2 Å². The zero-order valence-corrected chi connectivity index (χ0v) is 6.94. The van der Waals surface area contributed by atoms with E-state index in [1.54, 1.807) is 6.20 Å². The molecule has 0 aromatic carbocycles. The van der Waals surface area contributed by atoms with Gasteiger partial charge in [0.2, 0.25) is 0 Å². The first-order valence-corrected chi connectivity index (χ1v) is 3.83. The minimum Gasteiger partial charge on any atom is -0.345 e. The third-order valence-corrected chi connectivity index (χ3v) is 1.96. The average Bonchev–Trinajstić information content (AvgIpc) is 2.34. The van der Waals surface area contributed by atoms with E-state index in [9.17, 15) is 0 Å². The molecule has 0 fully saturated rings. The van der Waals surface area contributed by atoms with Gasteiger partial charge in [0.25, 0.3) is 0 Å². The lowest BCUT2D eigenvalue weighted by atomic mass is 10.3. The van der Waals surface area contributed by atoms with E-state index < -0.39 is 0 Å². The molecule has 3 heteroatoms. The van der Waals surface area contributed by atoms with Gasteiger partial charge in [-0.05, 0) is 13.3 Å². The Hall–Kier alpha value is -0.500. The van der Waals surface area contributed by atoms with Crippen LogP contribution >= 0.6 is 11.6 Å². The van der Waals surface area contributed by atoms with Crippen molar-refractivity contribution in [1.29, 1.82) is 0 Å². The highest BCUT2D eigenvalue weighted by Crippen LogP contribution is 2.20. The number of rotatable bonds is 2. The average molecular weight is 159 g/mol. The van der Waals surface area contributed by atoms with Crippen molar-refractivity contribution in [2.24, 2.45) is 0 Å². The lowest BCUT2D eigenvalue weighted by Crippen LogP contribution is -1.87. The van der Waals surface area contributed by atoms with Crippen molar-refractivity contribution in [1.82, 2.24) is 9.97 Å². The fourth-order valence-electron chi connectivity index (χ4n) is 0.819. The molecule has 1 atom stereocenters. The number of hydrogen-bond acceptors (Lipinski definition) is 1. The van der Waals surface area contributed by atoms with Crippen LogP contribution in [0, 0.1) is 6.92 Å². The number of halogens is 1. The summed E-state index contributed by atoms with van der Waals surface area (Å²) in [5, 5.41) is 0.0844. The van der Waals surface area contributed by atoms with Gasteiger partial charge in [-0.2, -0.15) is 0 Å². The Bertz CT molecular complexity index is 207. The highest BCUT2D eigenvalue weighted by molar-refractivity contribution is 6.20. The fourth-order valence-corrected chi connectivity index (χ4v) is 0.930. The Labute approximate surface area is 65.6 Å². The van der Waals surface area contributed by atoms with Crippen LogP contribution in [-0.2, 0) is 0 Å². The maximum Gasteiger partial charge on any atom is 0.103 e. The van der Waals surface area contributed by atoms with Crippen molar-refractivity contribution in [3.63, 3.8) is 0 Å². The summed E-state index contributed by atoms with van der Waals surface area (Å²) in [6, 6.07) is 0. The minimum absolute atomic E-state index is 0.0844. The predicted molar refractivity (Wildman–Crippen MR) is 42.2 cm³/mol. The summed E-state index contributed by atoms with van der Waals surface area (Å²) in [5.41, 5.74) is 1.02. The number of aryl methyl sites for hydroxylation is 1. The molecule has 0 bridgehead atoms. The Morgan fingerprint density at radius 1 is 1.80 bits per heavy atom. The van der Waals surface area contributed by atoms with E-state index in [0.717, 1.165) is 17.9 Å². The van der Waals surface area contributed by atoms with Crippen molar-refractivity contribution in [3.8, 4) is 0 Å². The molecule has 0 aliphatic heterocycles. The van der Waals surface area contributed by atoms with Gasteiger partial charge < -0.3 is 4.98 Å². The van der Waals surface area contributed by atoms with Gasteiger partial charge in [-0.1, -0.05) is 6.92 Å². The number of aromatic amines is 1. The van der Waals surface area contributed by atoms with Crippen LogP contribution in [0.4, 0.5) is 0 Å². The molecule has 0 spiro atoms. The summed E-state index contributed by atoms with van der Waals surface area (Å²) in [7, 11) is 0. The van der Waals surface area contributed by atoms with E-state index in [1.807, 2.05) is 13.8 Å². The van der Waals surface area contributed by atoms with Gasteiger partial charge in [0, 0.05) is 6.20 Å². The van der Waals surface area contributed by atoms with Crippen LogP contribution in [0.15, 0.2) is 6.20 Å². The van der Waals surface area contributed by atoms with Crippen molar-refractivity contribution in [3.05, 3.63) is 17.7 Å². The first-order chi connectivity index (χ1) is 4.74. The van der Waals surface area contributed by atoms with Crippen LogP contribution in [0.2, 0.25) is 0 Å². The van der Waals surface area contributed by atoms with E-state index in [1.165, 1.54) is 0 Å². The van der Waals surface area contributed by atoms with Gasteiger partial charge in [0.05, 0.1) is 11.1 Å². The first kappa shape index (κ1) is 7.61. The molecule has 0 amide bonds. The molecule has 0 aliphatic carbocycles. The third-order valence-electron chi connectivity index (χ3n) is 1.42. The standard InChI is InChI=1S/C7H11ClN2/c1-3-6(8)7-4-9-5(2)10-7/h4,6H,3H2,1-2H3,(H,9,10). The summed E-state index contributed by atoms with van der Waals surface area (Å²) in [6.45, 7) is 3.97. The Morgan fingerprint density at radius 3 is 2.90 bits per heavy atom. The highest BCUT2D eigenvalue weighted by Gasteiger charge is 2.05. The smallest absolute Gasteiger partial charge is 0.103 e. The van der Waals surface area contributed by atoms with Crippen molar-refractivity contribution >= 4 is 11.6 Å². The van der Waals surface area contributed by atoms with E-state index in [4.69, 9.17) is 11.6 Å². The van der Waals surface area contributed by atoms with Crippen LogP contribution in [0.25, 0.3) is 0 Å². The summed E-state index contributed by atoms with van der Waals surface area (Å²) in [5.74, 6) is 0.925. The molecule has 1 aromatic rings. The molecule has 1 heterocycles. The number of nitrogens with zero attached hydrogens (tertiary/aromatic N) is 1. The number of hydrogen-bond donors (Lipinski definition) is 1. The molecule has 0 radical (unpaired) electrons. The quantitative estimate of drug-likeness (QED) is 0.658. The summed E-state index contributed by atoms with van der Waals surface area (Å²) in [6.07, 6.45) is 2.72. The van der Waals surface area contributed by atoms with E-state index in [-0.39, 0.29) is 5.38 Å². The van der Waals surface area contributed by atoms with Crippen LogP contribution in [0.5, 0.6) is 0 Å². The van der Waals surface area contributed by atoms with Crippen molar-refractivity contribution < 1.29 is 0 Å². The van der Waals surface area contributed by atoms with Crippen molar-refractivity contribution in [2.45, 2.75) is 25.6 Å². The lowest BCUT2D eigenvalue weighted by Gasteiger charge is -2.00. The third kappa shape index (κ3) is 1.51. The second-order valence-electron chi connectivity index (χ2n) is 2.30. The number of aromatic nitrogens is 2. The number of H-pyrrole nitrogens is 1. The monoisotopic (exact) mass is 158 g/mol. The minimum atomic E-state index is 0.0844. The van der Waals surface area contributed by atoms with Gasteiger partial charge in [-0.25, -0.2) is 4.98 Å². The Kier molecular flexibility index (Phi) is 2.33. The number of imidazole rings is 1. The summed E-state index contributed by atoms with van der Waals surface area (Å²) < 4.78 is 0. The van der Waals surface area contributed by atoms with Crippen LogP contribution in [0.3, 0.4) is 0 Å². The molecular formula is C7H11ClN2. The van der Waals surface area contributed by atoms with E-state index >= 15 is 0 Å². The molecule has 1 aromatic heterocycles. The molecule has 0 saturated carbocycles. The molecule has 1 N–H and O–H groups in total. The van der Waals surface area contributed by atoms with Gasteiger partial charge >= 0.3 is 0 Å². The number of alkyl halides is 1. The second-order valence-corrected chi connectivity index (χ2v) is 2.83. The fraction of sp³-hybridized carbons (Fsp3) is 0.571. The predicted octanol–water partition coefficient (Wildman–Crippen LogP) is 2.41. The van der Waals surface area contributed by atoms with E-state index in [0.29, 0.717) is 0 Å². The highest BCUT2D eigenvalue weighted by atomic mass is 35.5. The molecule has 0 aliphatic rings. The maximum absolute atomic E-state index is 5.93. The van der Waals surface area contributed by atoms with Crippen LogP contribution in [-0.4, -0.2) is 9.97 Å². The van der Waals surface area contributed by atoms with Crippen LogP contribution < -0.4 is 0 Å². The maximum atomic E-state index is 5.93. The normalized spacial score (nSPS) is 13.5. The number of nitrogens with one attached hydrogen (secondary N) is 1. The first-order valence-electron chi connectivity index (χ1n) is 3.39. The zero-order valence-electron chi connectivity index (χ0n) is 6.19. The molecule has 2 nitrogen and oxygen atoms in total. The SMILES string of the molecule is CCC(Cl)c1cnc(C)[nH]1. The molecule has 10 heavy (non-hydrogen) atoms. The zero-order chi connectivity index (χ0) is 7.56. The molecule has 1 unspecified atom stereocenters. The van der Waals surface area contributed by atoms with Gasteiger partial charge in [-0.3, -0.25) is 0 Å². The van der Waals surface area contributed by atoms with Crippen molar-refractivity contribution in [2.75, 3.05) is 0 Å². The molecule has 56 valence electrons. The Balaban J connectivity index is 2.74. The Morgan fingerprint density at radius 2 is 2.50 bits per heavy atom. The second kappa shape index (κ2) is 3.06. The molecule has 1 rings (SSSR count). The summed E-state index contributed by atoms with van der Waals surface area (Å²) in [4.78, 5) is 7.13. The van der Waals surface area contributed by atoms with E-state index in [2.05, 4.69) is 9.97 Å².